The molecule has 6 nitrogen and oxygen atoms in total. The molecule has 0 aliphatic rings. The maximum atomic E-state index is 12.0. The molecule has 0 aliphatic carbocycles. The molecule has 0 saturated heterocycles. The molecular weight excluding hydrogens is 266 g/mol. The Morgan fingerprint density at radius 2 is 2.00 bits per heavy atom. The van der Waals surface area contributed by atoms with Gasteiger partial charge in [0.25, 0.3) is 0 Å². The summed E-state index contributed by atoms with van der Waals surface area (Å²) in [5, 5.41) is 0. The molecule has 0 saturated carbocycles. The highest BCUT2D eigenvalue weighted by Crippen LogP contribution is 2.18. The number of aryl methyl sites for hydroxylation is 1. The number of likely N-dealkylation sites (N-methyl/N-ethyl adjacent to an activating group) is 1. The quantitative estimate of drug-likeness (QED) is 0.756. The molecule has 0 spiro atoms. The molecule has 0 aromatic heterocycles. The van der Waals surface area contributed by atoms with Gasteiger partial charge in [-0.1, -0.05) is 13.0 Å². The fraction of sp³-hybridized carbons (Fsp3) is 0.417. The zero-order chi connectivity index (χ0) is 14.6. The molecule has 0 aliphatic heterocycles. The smallest absolute Gasteiger partial charge is 0.241 e. The first-order valence-corrected chi connectivity index (χ1v) is 7.34. The third kappa shape index (κ3) is 3.93. The maximum absolute atomic E-state index is 12.0. The van der Waals surface area contributed by atoms with E-state index in [2.05, 4.69) is 4.72 Å². The number of nitrogen functional groups attached to an aromatic ring is 1. The predicted octanol–water partition coefficient (Wildman–Crippen LogP) is 0.198. The summed E-state index contributed by atoms with van der Waals surface area (Å²) in [6.45, 7) is 1.67. The van der Waals surface area contributed by atoms with Crippen LogP contribution in [0.1, 0.15) is 12.5 Å². The van der Waals surface area contributed by atoms with E-state index in [9.17, 15) is 13.2 Å². The molecule has 7 heteroatoms. The molecule has 0 fully saturated rings. The van der Waals surface area contributed by atoms with Crippen LogP contribution in [0.5, 0.6) is 0 Å². The number of rotatable bonds is 5. The van der Waals surface area contributed by atoms with E-state index in [0.29, 0.717) is 5.69 Å². The molecule has 1 amide bonds. The van der Waals surface area contributed by atoms with Crippen molar-refractivity contribution in [3.8, 4) is 0 Å². The second kappa shape index (κ2) is 6.03. The first kappa shape index (κ1) is 15.5. The normalized spacial score (nSPS) is 11.3. The maximum Gasteiger partial charge on any atom is 0.241 e. The van der Waals surface area contributed by atoms with Gasteiger partial charge in [0, 0.05) is 19.8 Å². The third-order valence-electron chi connectivity index (χ3n) is 2.72. The van der Waals surface area contributed by atoms with Crippen molar-refractivity contribution in [1.82, 2.24) is 9.62 Å². The Bertz CT molecular complexity index is 568. The molecule has 1 aromatic carbocycles. The number of nitrogens with zero attached hydrogens (tertiary/aromatic N) is 1. The van der Waals surface area contributed by atoms with E-state index in [1.54, 1.807) is 20.2 Å². The first-order valence-electron chi connectivity index (χ1n) is 5.86. The van der Waals surface area contributed by atoms with E-state index in [4.69, 9.17) is 5.73 Å². The number of nitrogens with one attached hydrogen (secondary N) is 1. The number of benzene rings is 1. The lowest BCUT2D eigenvalue weighted by molar-refractivity contribution is -0.127. The van der Waals surface area contributed by atoms with Crippen LogP contribution in [0.2, 0.25) is 0 Å². The van der Waals surface area contributed by atoms with Gasteiger partial charge in [0.1, 0.15) is 0 Å². The van der Waals surface area contributed by atoms with Crippen LogP contribution >= 0.6 is 0 Å². The van der Waals surface area contributed by atoms with Gasteiger partial charge in [-0.15, -0.1) is 0 Å². The molecule has 3 N–H and O–H groups in total. The minimum Gasteiger partial charge on any atom is -0.398 e. The molecule has 0 heterocycles. The Morgan fingerprint density at radius 3 is 2.47 bits per heavy atom. The Hall–Kier alpha value is -1.60. The highest BCUT2D eigenvalue weighted by atomic mass is 32.2. The van der Waals surface area contributed by atoms with Gasteiger partial charge in [0.05, 0.1) is 11.4 Å². The number of anilines is 1. The lowest BCUT2D eigenvalue weighted by atomic mass is 10.1. The summed E-state index contributed by atoms with van der Waals surface area (Å²) in [4.78, 5) is 12.7. The molecule has 19 heavy (non-hydrogen) atoms. The van der Waals surface area contributed by atoms with Crippen LogP contribution in [-0.4, -0.2) is 39.9 Å². The standard InChI is InChI=1S/C12H19N3O3S/c1-4-9-5-6-10(7-11(9)13)19(17,18)14-8-12(16)15(2)3/h5-7,14H,4,8,13H2,1-3H3. The van der Waals surface area contributed by atoms with Gasteiger partial charge in [-0.05, 0) is 24.1 Å². The number of amides is 1. The number of nitrogens with two attached hydrogens (primary N) is 1. The lowest BCUT2D eigenvalue weighted by Gasteiger charge is -2.12. The van der Waals surface area contributed by atoms with E-state index in [1.165, 1.54) is 17.0 Å². The third-order valence-corrected chi connectivity index (χ3v) is 4.12. The molecule has 0 bridgehead atoms. The first-order chi connectivity index (χ1) is 8.77. The minimum absolute atomic E-state index is 0.0637. The van der Waals surface area contributed by atoms with Crippen LogP contribution < -0.4 is 10.5 Å². The fourth-order valence-corrected chi connectivity index (χ4v) is 2.47. The number of sulfonamides is 1. The highest BCUT2D eigenvalue weighted by molar-refractivity contribution is 7.89. The summed E-state index contributed by atoms with van der Waals surface area (Å²) in [5.41, 5.74) is 7.09. The molecule has 106 valence electrons. The molecule has 0 atom stereocenters. The minimum atomic E-state index is -3.71. The number of hydrogen-bond acceptors (Lipinski definition) is 4. The van der Waals surface area contributed by atoms with Crippen molar-refractivity contribution in [3.05, 3.63) is 23.8 Å². The Kier molecular flexibility index (Phi) is 4.90. The van der Waals surface area contributed by atoms with Crippen molar-refractivity contribution in [2.45, 2.75) is 18.2 Å². The summed E-state index contributed by atoms with van der Waals surface area (Å²) >= 11 is 0. The Morgan fingerprint density at radius 1 is 1.37 bits per heavy atom. The molecule has 0 unspecified atom stereocenters. The van der Waals surface area contributed by atoms with Crippen LogP contribution in [0.4, 0.5) is 5.69 Å². The van der Waals surface area contributed by atoms with Gasteiger partial charge < -0.3 is 10.6 Å². The van der Waals surface area contributed by atoms with E-state index in [1.807, 2.05) is 6.92 Å². The summed E-state index contributed by atoms with van der Waals surface area (Å²) in [5.74, 6) is -0.318. The van der Waals surface area contributed by atoms with Crippen molar-refractivity contribution in [2.75, 3.05) is 26.4 Å². The largest absolute Gasteiger partial charge is 0.398 e. The van der Waals surface area contributed by atoms with Crippen LogP contribution in [0, 0.1) is 0 Å². The molecule has 0 radical (unpaired) electrons. The Balaban J connectivity index is 2.89. The van der Waals surface area contributed by atoms with Gasteiger partial charge in [0.2, 0.25) is 15.9 Å². The van der Waals surface area contributed by atoms with Crippen molar-refractivity contribution >= 4 is 21.6 Å². The van der Waals surface area contributed by atoms with Crippen LogP contribution in [0.25, 0.3) is 0 Å². The number of carbonyl (C=O) groups is 1. The van der Waals surface area contributed by atoms with Crippen LogP contribution in [0.15, 0.2) is 23.1 Å². The summed E-state index contributed by atoms with van der Waals surface area (Å²) < 4.78 is 26.2. The van der Waals surface area contributed by atoms with E-state index in [0.717, 1.165) is 12.0 Å². The second-order valence-corrected chi connectivity index (χ2v) is 6.09. The van der Waals surface area contributed by atoms with Gasteiger partial charge in [-0.25, -0.2) is 13.1 Å². The number of hydrogen-bond donors (Lipinski definition) is 2. The van der Waals surface area contributed by atoms with E-state index >= 15 is 0 Å². The van der Waals surface area contributed by atoms with Crippen LogP contribution in [0.3, 0.4) is 0 Å². The summed E-state index contributed by atoms with van der Waals surface area (Å²) in [6.07, 6.45) is 0.735. The predicted molar refractivity (Wildman–Crippen MR) is 74.1 cm³/mol. The zero-order valence-electron chi connectivity index (χ0n) is 11.3. The monoisotopic (exact) mass is 285 g/mol. The number of carbonyl (C=O) groups excluding carboxylic acids is 1. The summed E-state index contributed by atoms with van der Waals surface area (Å²) in [6, 6.07) is 4.57. The van der Waals surface area contributed by atoms with Crippen molar-refractivity contribution in [3.63, 3.8) is 0 Å². The van der Waals surface area contributed by atoms with Crippen molar-refractivity contribution in [2.24, 2.45) is 0 Å². The van der Waals surface area contributed by atoms with Gasteiger partial charge in [-0.3, -0.25) is 4.79 Å². The van der Waals surface area contributed by atoms with Gasteiger partial charge in [0.15, 0.2) is 0 Å². The van der Waals surface area contributed by atoms with Gasteiger partial charge in [-0.2, -0.15) is 0 Å². The van der Waals surface area contributed by atoms with E-state index < -0.39 is 10.0 Å². The topological polar surface area (TPSA) is 92.5 Å². The molecule has 1 aromatic rings. The SMILES string of the molecule is CCc1ccc(S(=O)(=O)NCC(=O)N(C)C)cc1N. The Labute approximate surface area is 113 Å². The fourth-order valence-electron chi connectivity index (χ4n) is 1.46. The summed E-state index contributed by atoms with van der Waals surface area (Å²) in [7, 11) is -0.593. The second-order valence-electron chi connectivity index (χ2n) is 4.33. The van der Waals surface area contributed by atoms with E-state index in [-0.39, 0.29) is 17.3 Å². The average molecular weight is 285 g/mol. The molecule has 1 rings (SSSR count). The molecular formula is C12H19N3O3S. The van der Waals surface area contributed by atoms with Gasteiger partial charge >= 0.3 is 0 Å². The van der Waals surface area contributed by atoms with Crippen LogP contribution in [-0.2, 0) is 21.2 Å². The average Bonchev–Trinajstić information content (AvgIpc) is 2.35. The van der Waals surface area contributed by atoms with Crippen molar-refractivity contribution in [1.29, 1.82) is 0 Å². The zero-order valence-corrected chi connectivity index (χ0v) is 12.1. The lowest BCUT2D eigenvalue weighted by Crippen LogP contribution is -2.36. The van der Waals surface area contributed by atoms with Crippen molar-refractivity contribution < 1.29 is 13.2 Å². The highest BCUT2D eigenvalue weighted by Gasteiger charge is 2.17.